The molecular weight excluding hydrogens is 310 g/mol. The summed E-state index contributed by atoms with van der Waals surface area (Å²) in [7, 11) is 2.06. The number of aryl methyl sites for hydroxylation is 1. The Balaban J connectivity index is 1.76. The Morgan fingerprint density at radius 3 is 2.28 bits per heavy atom. The van der Waals surface area contributed by atoms with E-state index < -0.39 is 0 Å². The van der Waals surface area contributed by atoms with Crippen molar-refractivity contribution in [1.29, 1.82) is 0 Å². The maximum atomic E-state index is 6.15. The molecule has 1 unspecified atom stereocenters. The summed E-state index contributed by atoms with van der Waals surface area (Å²) in [5.41, 5.74) is 8.60. The van der Waals surface area contributed by atoms with Gasteiger partial charge in [0.2, 0.25) is 0 Å². The minimum absolute atomic E-state index is 0.186. The molecule has 0 saturated carbocycles. The Kier molecular flexibility index (Phi) is 5.27. The summed E-state index contributed by atoms with van der Waals surface area (Å²) >= 11 is 0. The third kappa shape index (κ3) is 3.94. The molecule has 0 spiro atoms. The van der Waals surface area contributed by atoms with E-state index in [2.05, 4.69) is 72.6 Å². The number of hydrogen-bond acceptors (Lipinski definition) is 4. The van der Waals surface area contributed by atoms with Gasteiger partial charge in [0.05, 0.1) is 11.7 Å². The Morgan fingerprint density at radius 1 is 1.08 bits per heavy atom. The molecule has 1 aromatic heterocycles. The molecule has 0 aliphatic carbocycles. The van der Waals surface area contributed by atoms with Crippen LogP contribution in [0.15, 0.2) is 36.5 Å². The van der Waals surface area contributed by atoms with E-state index in [0.717, 1.165) is 43.3 Å². The second kappa shape index (κ2) is 7.28. The number of nitrogens with zero attached hydrogens (tertiary/aromatic N) is 4. The fourth-order valence-electron chi connectivity index (χ4n) is 3.67. The van der Waals surface area contributed by atoms with Crippen molar-refractivity contribution in [2.24, 2.45) is 12.8 Å². The molecule has 2 aromatic rings. The Bertz CT molecular complexity index is 678. The van der Waals surface area contributed by atoms with Gasteiger partial charge < -0.3 is 10.3 Å². The smallest absolute Gasteiger partial charge is 0.140 e. The van der Waals surface area contributed by atoms with E-state index >= 15 is 0 Å². The van der Waals surface area contributed by atoms with E-state index in [1.54, 1.807) is 0 Å². The van der Waals surface area contributed by atoms with Gasteiger partial charge in [-0.2, -0.15) is 0 Å². The van der Waals surface area contributed by atoms with E-state index in [1.807, 2.05) is 6.07 Å². The zero-order chi connectivity index (χ0) is 18.0. The van der Waals surface area contributed by atoms with E-state index in [4.69, 9.17) is 10.7 Å². The highest BCUT2D eigenvalue weighted by atomic mass is 15.3. The monoisotopic (exact) mass is 341 g/mol. The topological polar surface area (TPSA) is 50.3 Å². The fourth-order valence-corrected chi connectivity index (χ4v) is 3.67. The first-order valence-corrected chi connectivity index (χ1v) is 9.18. The molecule has 1 aliphatic rings. The van der Waals surface area contributed by atoms with E-state index in [-0.39, 0.29) is 11.6 Å². The molecular formula is C20H31N5. The highest BCUT2D eigenvalue weighted by Gasteiger charge is 2.30. The van der Waals surface area contributed by atoms with Crippen LogP contribution in [0, 0.1) is 0 Å². The molecule has 3 rings (SSSR count). The lowest BCUT2D eigenvalue weighted by Crippen LogP contribution is -2.54. The average Bonchev–Trinajstić information content (AvgIpc) is 2.97. The van der Waals surface area contributed by atoms with E-state index in [1.165, 1.54) is 0 Å². The van der Waals surface area contributed by atoms with Gasteiger partial charge in [0.15, 0.2) is 0 Å². The summed E-state index contributed by atoms with van der Waals surface area (Å²) in [5.74, 6) is 1.00. The molecule has 2 N–H and O–H groups in total. The van der Waals surface area contributed by atoms with Crippen molar-refractivity contribution in [3.05, 3.63) is 42.2 Å². The lowest BCUT2D eigenvalue weighted by Gasteiger charge is -2.44. The van der Waals surface area contributed by atoms with Gasteiger partial charge >= 0.3 is 0 Å². The van der Waals surface area contributed by atoms with Gasteiger partial charge in [-0.15, -0.1) is 0 Å². The highest BCUT2D eigenvalue weighted by molar-refractivity contribution is 5.55. The summed E-state index contributed by atoms with van der Waals surface area (Å²) in [6, 6.07) is 10.5. The minimum atomic E-state index is 0.186. The molecule has 5 nitrogen and oxygen atoms in total. The lowest BCUT2D eigenvalue weighted by molar-refractivity contribution is 0.0426. The largest absolute Gasteiger partial charge is 0.334 e. The minimum Gasteiger partial charge on any atom is -0.334 e. The number of aromatic nitrogens is 2. The normalized spacial score (nSPS) is 18.4. The Labute approximate surface area is 151 Å². The van der Waals surface area contributed by atoms with Gasteiger partial charge in [-0.05, 0) is 20.8 Å². The molecule has 1 saturated heterocycles. The SMILES string of the molecule is Cn1cc(C(CN)N2CCN(C(C)(C)C)CC2)nc1-c1ccccc1. The van der Waals surface area contributed by atoms with Gasteiger partial charge in [-0.25, -0.2) is 4.98 Å². The Hall–Kier alpha value is -1.69. The summed E-state index contributed by atoms with van der Waals surface area (Å²) in [4.78, 5) is 9.95. The summed E-state index contributed by atoms with van der Waals surface area (Å²) in [5, 5.41) is 0. The molecule has 136 valence electrons. The maximum absolute atomic E-state index is 6.15. The van der Waals surface area contributed by atoms with Crippen molar-refractivity contribution in [3.8, 4) is 11.4 Å². The zero-order valence-corrected chi connectivity index (χ0v) is 15.9. The number of nitrogens with two attached hydrogens (primary N) is 1. The number of hydrogen-bond donors (Lipinski definition) is 1. The van der Waals surface area contributed by atoms with Crippen molar-refractivity contribution in [2.75, 3.05) is 32.7 Å². The summed E-state index contributed by atoms with van der Waals surface area (Å²) in [6.45, 7) is 11.7. The molecule has 5 heteroatoms. The molecule has 0 amide bonds. The van der Waals surface area contributed by atoms with E-state index in [9.17, 15) is 0 Å². The molecule has 1 aliphatic heterocycles. The molecule has 25 heavy (non-hydrogen) atoms. The van der Waals surface area contributed by atoms with Crippen LogP contribution in [0.5, 0.6) is 0 Å². The molecule has 0 bridgehead atoms. The van der Waals surface area contributed by atoms with Crippen LogP contribution < -0.4 is 5.73 Å². The first-order valence-electron chi connectivity index (χ1n) is 9.18. The second-order valence-electron chi connectivity index (χ2n) is 7.91. The molecule has 1 atom stereocenters. The Morgan fingerprint density at radius 2 is 1.72 bits per heavy atom. The maximum Gasteiger partial charge on any atom is 0.140 e. The van der Waals surface area contributed by atoms with Crippen LogP contribution in [0.3, 0.4) is 0 Å². The first kappa shape index (κ1) is 18.1. The van der Waals surface area contributed by atoms with Gasteiger partial charge in [-0.3, -0.25) is 9.80 Å². The van der Waals surface area contributed by atoms with Crippen LogP contribution in [0.25, 0.3) is 11.4 Å². The predicted octanol–water partition coefficient (Wildman–Crippen LogP) is 2.50. The van der Waals surface area contributed by atoms with Crippen molar-refractivity contribution in [1.82, 2.24) is 19.4 Å². The van der Waals surface area contributed by atoms with Crippen LogP contribution in [0.4, 0.5) is 0 Å². The van der Waals surface area contributed by atoms with Gasteiger partial charge in [0, 0.05) is 57.1 Å². The highest BCUT2D eigenvalue weighted by Crippen LogP contribution is 2.26. The van der Waals surface area contributed by atoms with Crippen molar-refractivity contribution < 1.29 is 0 Å². The number of imidazole rings is 1. The van der Waals surface area contributed by atoms with Crippen LogP contribution in [0.1, 0.15) is 32.5 Å². The number of rotatable bonds is 4. The molecule has 0 radical (unpaired) electrons. The lowest BCUT2D eigenvalue weighted by atomic mass is 10.0. The second-order valence-corrected chi connectivity index (χ2v) is 7.91. The van der Waals surface area contributed by atoms with Gasteiger partial charge in [-0.1, -0.05) is 30.3 Å². The number of benzene rings is 1. The van der Waals surface area contributed by atoms with Crippen LogP contribution in [0.2, 0.25) is 0 Å². The molecule has 1 fully saturated rings. The van der Waals surface area contributed by atoms with Crippen LogP contribution in [-0.2, 0) is 7.05 Å². The van der Waals surface area contributed by atoms with Crippen LogP contribution >= 0.6 is 0 Å². The van der Waals surface area contributed by atoms with Crippen molar-refractivity contribution in [2.45, 2.75) is 32.4 Å². The summed E-state index contributed by atoms with van der Waals surface area (Å²) in [6.07, 6.45) is 2.13. The van der Waals surface area contributed by atoms with Gasteiger partial charge in [0.1, 0.15) is 5.82 Å². The first-order chi connectivity index (χ1) is 11.9. The van der Waals surface area contributed by atoms with Gasteiger partial charge in [0.25, 0.3) is 0 Å². The quantitative estimate of drug-likeness (QED) is 0.928. The zero-order valence-electron chi connectivity index (χ0n) is 15.9. The molecule has 1 aromatic carbocycles. The van der Waals surface area contributed by atoms with Crippen molar-refractivity contribution >= 4 is 0 Å². The predicted molar refractivity (Wildman–Crippen MR) is 103 cm³/mol. The van der Waals surface area contributed by atoms with Crippen LogP contribution in [-0.4, -0.2) is 57.6 Å². The summed E-state index contributed by atoms with van der Waals surface area (Å²) < 4.78 is 2.11. The van der Waals surface area contributed by atoms with Crippen molar-refractivity contribution in [3.63, 3.8) is 0 Å². The third-order valence-electron chi connectivity index (χ3n) is 5.20. The third-order valence-corrected chi connectivity index (χ3v) is 5.20. The molecule has 2 heterocycles. The average molecular weight is 342 g/mol. The number of piperazine rings is 1. The fraction of sp³-hybridized carbons (Fsp3) is 0.550. The standard InChI is InChI=1S/C20H31N5/c1-20(2,3)25-12-10-24(11-13-25)18(14-21)17-15-23(4)19(22-17)16-8-6-5-7-9-16/h5-9,15,18H,10-14,21H2,1-4H3. The van der Waals surface area contributed by atoms with E-state index in [0.29, 0.717) is 6.54 Å².